The van der Waals surface area contributed by atoms with Crippen molar-refractivity contribution in [3.05, 3.63) is 23.8 Å². The molecule has 186 valence electrons. The molecule has 0 bridgehead atoms. The number of nitrogens with zero attached hydrogens (tertiary/aromatic N) is 2. The summed E-state index contributed by atoms with van der Waals surface area (Å²) in [5.41, 5.74) is -7.60. The van der Waals surface area contributed by atoms with Gasteiger partial charge in [0.15, 0.2) is 0 Å². The number of alkyl halides is 6. The second kappa shape index (κ2) is 8.92. The molecule has 1 N–H and O–H groups in total. The summed E-state index contributed by atoms with van der Waals surface area (Å²) in [5.74, 6) is -1.29. The predicted molar refractivity (Wildman–Crippen MR) is 103 cm³/mol. The van der Waals surface area contributed by atoms with E-state index in [1.807, 2.05) is 0 Å². The van der Waals surface area contributed by atoms with Crippen molar-refractivity contribution in [3.63, 3.8) is 0 Å². The Labute approximate surface area is 185 Å². The van der Waals surface area contributed by atoms with Crippen LogP contribution >= 0.6 is 0 Å². The van der Waals surface area contributed by atoms with Crippen molar-refractivity contribution in [2.24, 2.45) is 0 Å². The van der Waals surface area contributed by atoms with Crippen molar-refractivity contribution in [3.8, 4) is 11.5 Å². The number of hydrogen-bond acceptors (Lipinski definition) is 5. The van der Waals surface area contributed by atoms with Gasteiger partial charge in [-0.2, -0.15) is 26.3 Å². The van der Waals surface area contributed by atoms with Crippen molar-refractivity contribution in [2.75, 3.05) is 27.3 Å². The van der Waals surface area contributed by atoms with Crippen LogP contribution in [0.2, 0.25) is 0 Å². The molecule has 0 saturated carbocycles. The number of unbranched alkanes of at least 4 members (excludes halogenated alkanes) is 1. The first-order valence-electron chi connectivity index (χ1n) is 9.77. The number of rotatable bonds is 8. The lowest BCUT2D eigenvalue weighted by Crippen LogP contribution is -2.54. The number of hydrogen-bond donors (Lipinski definition) is 1. The number of methoxy groups -OCH3 is 1. The van der Waals surface area contributed by atoms with Gasteiger partial charge in [-0.05, 0) is 38.8 Å². The zero-order chi connectivity index (χ0) is 25.4. The zero-order valence-electron chi connectivity index (χ0n) is 18.3. The molecule has 33 heavy (non-hydrogen) atoms. The Morgan fingerprint density at radius 2 is 1.61 bits per heavy atom. The van der Waals surface area contributed by atoms with Crippen LogP contribution in [0.5, 0.6) is 11.5 Å². The van der Waals surface area contributed by atoms with Gasteiger partial charge in [-0.15, -0.1) is 0 Å². The number of urea groups is 1. The van der Waals surface area contributed by atoms with Crippen LogP contribution in [0.1, 0.15) is 32.3 Å². The minimum absolute atomic E-state index is 0.000758. The Morgan fingerprint density at radius 3 is 2.06 bits per heavy atom. The second-order valence-corrected chi connectivity index (χ2v) is 7.98. The summed E-state index contributed by atoms with van der Waals surface area (Å²) in [5, 5.41) is 9.57. The third-order valence-electron chi connectivity index (χ3n) is 5.55. The normalized spacial score (nSPS) is 17.1. The first-order valence-corrected chi connectivity index (χ1v) is 9.77. The molecular weight excluding hydrogens is 462 g/mol. The fraction of sp³-hybridized carbons (Fsp3) is 0.600. The van der Waals surface area contributed by atoms with Gasteiger partial charge >= 0.3 is 18.4 Å². The summed E-state index contributed by atoms with van der Waals surface area (Å²) >= 11 is 0. The number of aliphatic hydroxyl groups is 1. The van der Waals surface area contributed by atoms with Crippen LogP contribution in [0.3, 0.4) is 0 Å². The van der Waals surface area contributed by atoms with Gasteiger partial charge in [0.05, 0.1) is 13.7 Å². The lowest BCUT2D eigenvalue weighted by atomic mass is 9.91. The van der Waals surface area contributed by atoms with Crippen LogP contribution in [-0.4, -0.2) is 72.0 Å². The van der Waals surface area contributed by atoms with E-state index in [2.05, 4.69) is 4.74 Å². The van der Waals surface area contributed by atoms with E-state index < -0.39 is 40.8 Å². The molecule has 1 aliphatic heterocycles. The van der Waals surface area contributed by atoms with Crippen molar-refractivity contribution in [2.45, 2.75) is 50.2 Å². The number of carbonyl (C=O) groups is 2. The quantitative estimate of drug-likeness (QED) is 0.343. The highest BCUT2D eigenvalue weighted by Crippen LogP contribution is 2.52. The fourth-order valence-electron chi connectivity index (χ4n) is 3.27. The van der Waals surface area contributed by atoms with E-state index in [0.717, 1.165) is 24.1 Å². The topological polar surface area (TPSA) is 79.3 Å². The molecule has 0 atom stereocenters. The standard InChI is InChI=1S/C20H24F6N2O5/c1-17(2)15(29)28(16(30)27(17)3)9-5-6-10-33-12-7-8-13(14(11-12)32-4)18(31,19(21,22)23)20(24,25)26/h7-8,11,31H,5-6,9-10H2,1-4H3. The smallest absolute Gasteiger partial charge is 0.430 e. The van der Waals surface area contributed by atoms with Gasteiger partial charge in [0.25, 0.3) is 11.5 Å². The second-order valence-electron chi connectivity index (χ2n) is 7.98. The van der Waals surface area contributed by atoms with Gasteiger partial charge in [0.2, 0.25) is 0 Å². The van der Waals surface area contributed by atoms with E-state index in [9.17, 15) is 41.0 Å². The van der Waals surface area contributed by atoms with Gasteiger partial charge < -0.3 is 19.5 Å². The number of amides is 3. The van der Waals surface area contributed by atoms with Crippen LogP contribution in [0.15, 0.2) is 18.2 Å². The maximum Gasteiger partial charge on any atom is 0.430 e. The summed E-state index contributed by atoms with van der Waals surface area (Å²) in [6.07, 6.45) is -11.4. The SMILES string of the molecule is COc1cc(OCCCCN2C(=O)N(C)C(C)(C)C2=O)ccc1C(O)(C(F)(F)F)C(F)(F)F. The average molecular weight is 486 g/mol. The molecular formula is C20H24F6N2O5. The molecule has 0 radical (unpaired) electrons. The average Bonchev–Trinajstić information content (AvgIpc) is 2.85. The van der Waals surface area contributed by atoms with E-state index >= 15 is 0 Å². The fourth-order valence-corrected chi connectivity index (χ4v) is 3.27. The monoisotopic (exact) mass is 486 g/mol. The first-order chi connectivity index (χ1) is 15.0. The molecule has 1 heterocycles. The van der Waals surface area contributed by atoms with Crippen molar-refractivity contribution in [1.82, 2.24) is 9.80 Å². The van der Waals surface area contributed by atoms with E-state index in [-0.39, 0.29) is 24.8 Å². The maximum absolute atomic E-state index is 13.1. The molecule has 0 unspecified atom stereocenters. The predicted octanol–water partition coefficient (Wildman–Crippen LogP) is 3.84. The van der Waals surface area contributed by atoms with Crippen LogP contribution in [0.4, 0.5) is 31.1 Å². The molecule has 1 saturated heterocycles. The number of ether oxygens (including phenoxy) is 2. The van der Waals surface area contributed by atoms with Gasteiger partial charge in [-0.1, -0.05) is 0 Å². The highest BCUT2D eigenvalue weighted by atomic mass is 19.4. The molecule has 3 amide bonds. The minimum atomic E-state index is -6.05. The van der Waals surface area contributed by atoms with E-state index in [1.54, 1.807) is 13.8 Å². The van der Waals surface area contributed by atoms with Crippen LogP contribution < -0.4 is 9.47 Å². The van der Waals surface area contributed by atoms with Gasteiger partial charge in [0.1, 0.15) is 17.0 Å². The number of likely N-dealkylation sites (N-methyl/N-ethyl adjacent to an activating group) is 1. The molecule has 0 aliphatic carbocycles. The summed E-state index contributed by atoms with van der Waals surface area (Å²) in [6, 6.07) is 1.66. The zero-order valence-corrected chi connectivity index (χ0v) is 18.3. The molecule has 13 heteroatoms. The minimum Gasteiger partial charge on any atom is -0.496 e. The highest BCUT2D eigenvalue weighted by molar-refractivity contribution is 6.06. The lowest BCUT2D eigenvalue weighted by Gasteiger charge is -2.33. The van der Waals surface area contributed by atoms with Crippen molar-refractivity contribution < 1.29 is 50.5 Å². The Hall–Kier alpha value is -2.70. The third-order valence-corrected chi connectivity index (χ3v) is 5.55. The Kier molecular flexibility index (Phi) is 7.17. The van der Waals surface area contributed by atoms with E-state index in [4.69, 9.17) is 4.74 Å². The van der Waals surface area contributed by atoms with E-state index in [1.165, 1.54) is 11.9 Å². The first kappa shape index (κ1) is 26.6. The third kappa shape index (κ3) is 4.68. The lowest BCUT2D eigenvalue weighted by molar-refractivity contribution is -0.376. The van der Waals surface area contributed by atoms with Crippen molar-refractivity contribution in [1.29, 1.82) is 0 Å². The maximum atomic E-state index is 13.1. The van der Waals surface area contributed by atoms with Crippen LogP contribution in [0.25, 0.3) is 0 Å². The highest BCUT2D eigenvalue weighted by Gasteiger charge is 2.72. The van der Waals surface area contributed by atoms with Gasteiger partial charge in [0, 0.05) is 25.2 Å². The van der Waals surface area contributed by atoms with Gasteiger partial charge in [-0.3, -0.25) is 9.69 Å². The summed E-state index contributed by atoms with van der Waals surface area (Å²) in [6.45, 7) is 3.36. The molecule has 7 nitrogen and oxygen atoms in total. The van der Waals surface area contributed by atoms with Crippen LogP contribution in [0, 0.1) is 0 Å². The summed E-state index contributed by atoms with van der Waals surface area (Å²) < 4.78 is 88.8. The molecule has 1 fully saturated rings. The van der Waals surface area contributed by atoms with Crippen LogP contribution in [-0.2, 0) is 10.4 Å². The molecule has 1 aromatic rings. The Bertz CT molecular complexity index is 886. The molecule has 0 aromatic heterocycles. The molecule has 1 aliphatic rings. The summed E-state index contributed by atoms with van der Waals surface area (Å²) in [4.78, 5) is 26.9. The molecule has 1 aromatic carbocycles. The number of benzene rings is 1. The van der Waals surface area contributed by atoms with Crippen molar-refractivity contribution >= 4 is 11.9 Å². The molecule has 2 rings (SSSR count). The Morgan fingerprint density at radius 1 is 1.03 bits per heavy atom. The summed E-state index contributed by atoms with van der Waals surface area (Å²) in [7, 11) is 2.37. The molecule has 0 spiro atoms. The Balaban J connectivity index is 2.04. The number of imide groups is 1. The largest absolute Gasteiger partial charge is 0.496 e. The number of halogens is 6. The van der Waals surface area contributed by atoms with Gasteiger partial charge in [-0.25, -0.2) is 4.79 Å². The number of carbonyl (C=O) groups excluding carboxylic acids is 2. The van der Waals surface area contributed by atoms with E-state index in [0.29, 0.717) is 18.9 Å².